The molecule has 3 rings (SSSR count). The molecule has 2 atom stereocenters. The largest absolute Gasteiger partial charge is 0.384 e. The van der Waals surface area contributed by atoms with Crippen LogP contribution in [0.25, 0.3) is 0 Å². The van der Waals surface area contributed by atoms with Crippen LogP contribution in [-0.2, 0) is 16.9 Å². The maximum absolute atomic E-state index is 9.97. The Labute approximate surface area is 131 Å². The van der Waals surface area contributed by atoms with Crippen LogP contribution in [0.5, 0.6) is 0 Å². The second-order valence-electron chi connectivity index (χ2n) is 6.55. The Bertz CT molecular complexity index is 587. The van der Waals surface area contributed by atoms with Gasteiger partial charge in [-0.25, -0.2) is 4.98 Å². The van der Waals surface area contributed by atoms with E-state index >= 15 is 0 Å². The number of ether oxygens (including phenoxy) is 1. The first-order chi connectivity index (χ1) is 10.5. The Kier molecular flexibility index (Phi) is 4.27. The van der Waals surface area contributed by atoms with E-state index in [1.54, 1.807) is 13.8 Å². The van der Waals surface area contributed by atoms with Gasteiger partial charge in [0.2, 0.25) is 0 Å². The van der Waals surface area contributed by atoms with Crippen LogP contribution in [0.2, 0.25) is 0 Å². The van der Waals surface area contributed by atoms with Crippen molar-refractivity contribution in [1.82, 2.24) is 14.5 Å². The van der Waals surface area contributed by atoms with Crippen molar-refractivity contribution in [3.63, 3.8) is 0 Å². The lowest BCUT2D eigenvalue weighted by Crippen LogP contribution is -2.23. The Balaban J connectivity index is 1.66. The molecule has 0 saturated carbocycles. The lowest BCUT2D eigenvalue weighted by molar-refractivity contribution is -0.0142. The van der Waals surface area contributed by atoms with Gasteiger partial charge in [0.15, 0.2) is 0 Å². The van der Waals surface area contributed by atoms with Gasteiger partial charge in [0.25, 0.3) is 0 Å². The van der Waals surface area contributed by atoms with E-state index in [4.69, 9.17) is 4.74 Å². The van der Waals surface area contributed by atoms with Gasteiger partial charge in [-0.05, 0) is 44.2 Å². The molecule has 0 aromatic carbocycles. The van der Waals surface area contributed by atoms with Crippen molar-refractivity contribution in [3.8, 4) is 0 Å². The zero-order chi connectivity index (χ0) is 15.6. The first-order valence-corrected chi connectivity index (χ1v) is 7.78. The molecule has 5 heteroatoms. The third kappa shape index (κ3) is 3.54. The monoisotopic (exact) mass is 301 g/mol. The normalized spacial score (nSPS) is 22.7. The lowest BCUT2D eigenvalue weighted by atomic mass is 9.92. The minimum Gasteiger partial charge on any atom is -0.384 e. The summed E-state index contributed by atoms with van der Waals surface area (Å²) in [4.78, 5) is 8.48. The molecular formula is C17H23N3O2. The van der Waals surface area contributed by atoms with E-state index in [-0.39, 0.29) is 6.10 Å². The first kappa shape index (κ1) is 15.2. The van der Waals surface area contributed by atoms with Gasteiger partial charge < -0.3 is 14.4 Å². The SMILES string of the molecule is CC(C)(O)c1ccc(C2CC(Cn3ccnc3)CCO2)cn1. The second kappa shape index (κ2) is 6.18. The van der Waals surface area contributed by atoms with E-state index in [0.717, 1.165) is 31.6 Å². The van der Waals surface area contributed by atoms with Crippen molar-refractivity contribution in [1.29, 1.82) is 0 Å². The highest BCUT2D eigenvalue weighted by Crippen LogP contribution is 2.32. The standard InChI is InChI=1S/C17H23N3O2/c1-17(2,21)16-4-3-14(10-19-16)15-9-13(5-8-22-15)11-20-7-6-18-12-20/h3-4,6-7,10,12-13,15,21H,5,8-9,11H2,1-2H3. The molecule has 2 aromatic heterocycles. The average molecular weight is 301 g/mol. The van der Waals surface area contributed by atoms with Crippen LogP contribution in [-0.4, -0.2) is 26.2 Å². The molecule has 0 spiro atoms. The predicted molar refractivity (Wildman–Crippen MR) is 83.1 cm³/mol. The Morgan fingerprint density at radius 2 is 2.27 bits per heavy atom. The predicted octanol–water partition coefficient (Wildman–Crippen LogP) is 2.67. The zero-order valence-electron chi connectivity index (χ0n) is 13.1. The first-order valence-electron chi connectivity index (χ1n) is 7.78. The molecule has 22 heavy (non-hydrogen) atoms. The molecule has 1 saturated heterocycles. The fourth-order valence-electron chi connectivity index (χ4n) is 2.91. The van der Waals surface area contributed by atoms with Gasteiger partial charge in [-0.3, -0.25) is 4.98 Å². The molecule has 0 radical (unpaired) electrons. The summed E-state index contributed by atoms with van der Waals surface area (Å²) >= 11 is 0. The van der Waals surface area contributed by atoms with Gasteiger partial charge in [0.05, 0.1) is 18.1 Å². The van der Waals surface area contributed by atoms with Gasteiger partial charge in [-0.1, -0.05) is 6.07 Å². The van der Waals surface area contributed by atoms with Crippen molar-refractivity contribution in [3.05, 3.63) is 48.3 Å². The van der Waals surface area contributed by atoms with Gasteiger partial charge in [-0.15, -0.1) is 0 Å². The van der Waals surface area contributed by atoms with Gasteiger partial charge in [-0.2, -0.15) is 0 Å². The average Bonchev–Trinajstić information content (AvgIpc) is 3.00. The molecule has 2 unspecified atom stereocenters. The topological polar surface area (TPSA) is 60.2 Å². The minimum atomic E-state index is -0.907. The Morgan fingerprint density at radius 1 is 1.41 bits per heavy atom. The number of pyridine rings is 1. The molecule has 2 aromatic rings. The van der Waals surface area contributed by atoms with E-state index in [9.17, 15) is 5.11 Å². The number of nitrogens with zero attached hydrogens (tertiary/aromatic N) is 3. The number of aromatic nitrogens is 3. The molecule has 3 heterocycles. The summed E-state index contributed by atoms with van der Waals surface area (Å²) in [6.45, 7) is 5.24. The van der Waals surface area contributed by atoms with E-state index < -0.39 is 5.60 Å². The van der Waals surface area contributed by atoms with E-state index in [0.29, 0.717) is 11.6 Å². The van der Waals surface area contributed by atoms with Crippen LogP contribution in [0, 0.1) is 5.92 Å². The lowest BCUT2D eigenvalue weighted by Gasteiger charge is -2.30. The fourth-order valence-corrected chi connectivity index (χ4v) is 2.91. The molecular weight excluding hydrogens is 278 g/mol. The highest BCUT2D eigenvalue weighted by Gasteiger charge is 2.25. The van der Waals surface area contributed by atoms with Crippen LogP contribution >= 0.6 is 0 Å². The molecule has 1 aliphatic heterocycles. The summed E-state index contributed by atoms with van der Waals surface area (Å²) in [5.74, 6) is 0.585. The van der Waals surface area contributed by atoms with Crippen molar-refractivity contribution in [2.75, 3.05) is 6.61 Å². The zero-order valence-corrected chi connectivity index (χ0v) is 13.1. The minimum absolute atomic E-state index is 0.0885. The molecule has 1 N–H and O–H groups in total. The van der Waals surface area contributed by atoms with Crippen molar-refractivity contribution >= 4 is 0 Å². The maximum atomic E-state index is 9.97. The van der Waals surface area contributed by atoms with Crippen LogP contribution in [0.15, 0.2) is 37.1 Å². The smallest absolute Gasteiger partial charge is 0.101 e. The van der Waals surface area contributed by atoms with Gasteiger partial charge in [0.1, 0.15) is 5.60 Å². The molecule has 1 fully saturated rings. The third-order valence-corrected chi connectivity index (χ3v) is 4.21. The highest BCUT2D eigenvalue weighted by molar-refractivity contribution is 5.20. The Morgan fingerprint density at radius 3 is 2.91 bits per heavy atom. The molecule has 118 valence electrons. The molecule has 1 aliphatic rings. The molecule has 0 bridgehead atoms. The summed E-state index contributed by atoms with van der Waals surface area (Å²) in [6.07, 6.45) is 9.67. The van der Waals surface area contributed by atoms with Crippen molar-refractivity contribution in [2.45, 2.75) is 44.9 Å². The third-order valence-electron chi connectivity index (χ3n) is 4.21. The van der Waals surface area contributed by atoms with Crippen LogP contribution in [0.3, 0.4) is 0 Å². The number of hydrogen-bond donors (Lipinski definition) is 1. The number of hydrogen-bond acceptors (Lipinski definition) is 4. The number of rotatable bonds is 4. The molecule has 0 aliphatic carbocycles. The van der Waals surface area contributed by atoms with E-state index in [1.807, 2.05) is 37.1 Å². The molecule has 0 amide bonds. The second-order valence-corrected chi connectivity index (χ2v) is 6.55. The summed E-state index contributed by atoms with van der Waals surface area (Å²) in [6, 6.07) is 3.91. The van der Waals surface area contributed by atoms with Crippen molar-refractivity contribution < 1.29 is 9.84 Å². The van der Waals surface area contributed by atoms with E-state index in [1.165, 1.54) is 0 Å². The van der Waals surface area contributed by atoms with Crippen LogP contribution < -0.4 is 0 Å². The quantitative estimate of drug-likeness (QED) is 0.943. The van der Waals surface area contributed by atoms with Crippen LogP contribution in [0.4, 0.5) is 0 Å². The highest BCUT2D eigenvalue weighted by atomic mass is 16.5. The van der Waals surface area contributed by atoms with Crippen LogP contribution in [0.1, 0.15) is 44.1 Å². The summed E-state index contributed by atoms with van der Waals surface area (Å²) < 4.78 is 8.04. The summed E-state index contributed by atoms with van der Waals surface area (Å²) in [7, 11) is 0. The Hall–Kier alpha value is -1.72. The van der Waals surface area contributed by atoms with Crippen molar-refractivity contribution in [2.24, 2.45) is 5.92 Å². The number of imidazole rings is 1. The fraction of sp³-hybridized carbons (Fsp3) is 0.529. The van der Waals surface area contributed by atoms with Gasteiger partial charge >= 0.3 is 0 Å². The van der Waals surface area contributed by atoms with E-state index in [2.05, 4.69) is 14.5 Å². The summed E-state index contributed by atoms with van der Waals surface area (Å²) in [5.41, 5.74) is 0.862. The van der Waals surface area contributed by atoms with Gasteiger partial charge in [0, 0.05) is 31.7 Å². The maximum Gasteiger partial charge on any atom is 0.101 e. The summed E-state index contributed by atoms with van der Waals surface area (Å²) in [5, 5.41) is 9.97. The molecule has 5 nitrogen and oxygen atoms in total. The number of aliphatic hydroxyl groups is 1.